The number of halogens is 1. The van der Waals surface area contributed by atoms with Gasteiger partial charge < -0.3 is 19.8 Å². The second kappa shape index (κ2) is 12.6. The summed E-state index contributed by atoms with van der Waals surface area (Å²) in [5.74, 6) is -1.67. The van der Waals surface area contributed by atoms with Crippen LogP contribution in [0, 0.1) is 11.8 Å². The summed E-state index contributed by atoms with van der Waals surface area (Å²) >= 11 is 5.47. The molecule has 0 saturated carbocycles. The van der Waals surface area contributed by atoms with Gasteiger partial charge in [0.05, 0.1) is 29.2 Å². The van der Waals surface area contributed by atoms with Gasteiger partial charge in [-0.15, -0.1) is 24.9 Å². The molecule has 3 unspecified atom stereocenters. The van der Waals surface area contributed by atoms with E-state index in [9.17, 15) is 19.5 Å². The number of thioether (sulfide) groups is 1. The van der Waals surface area contributed by atoms with Crippen molar-refractivity contribution >= 4 is 51.1 Å². The molecule has 3 heterocycles. The minimum absolute atomic E-state index is 0.0187. The van der Waals surface area contributed by atoms with E-state index in [-0.39, 0.29) is 34.4 Å². The number of hydrogen-bond donors (Lipinski definition) is 1. The first-order valence-electron chi connectivity index (χ1n) is 13.9. The summed E-state index contributed by atoms with van der Waals surface area (Å²) in [7, 11) is 0. The molecule has 3 aliphatic heterocycles. The average molecular weight is 619 g/mol. The Hall–Kier alpha value is -2.10. The van der Waals surface area contributed by atoms with Crippen molar-refractivity contribution in [3.05, 3.63) is 55.6 Å². The molecule has 1 spiro atoms. The van der Waals surface area contributed by atoms with Crippen LogP contribution in [0.2, 0.25) is 0 Å². The Morgan fingerprint density at radius 3 is 2.49 bits per heavy atom. The Balaban J connectivity index is 1.80. The molecule has 1 aromatic rings. The van der Waals surface area contributed by atoms with Crippen molar-refractivity contribution in [3.8, 4) is 0 Å². The van der Waals surface area contributed by atoms with Crippen LogP contribution in [0.3, 0.4) is 0 Å². The summed E-state index contributed by atoms with van der Waals surface area (Å²) in [5.41, 5.74) is 0.754. The number of likely N-dealkylation sites (tertiary alicyclic amines) is 1. The van der Waals surface area contributed by atoms with Crippen LogP contribution < -0.4 is 4.90 Å². The number of nitrogens with zero attached hydrogens (tertiary/aromatic N) is 3. The second-order valence-electron chi connectivity index (χ2n) is 10.7. The van der Waals surface area contributed by atoms with E-state index in [1.165, 1.54) is 0 Å². The number of carbonyl (C=O) groups excluding carboxylic acids is 3. The molecule has 0 radical (unpaired) electrons. The molecule has 39 heavy (non-hydrogen) atoms. The van der Waals surface area contributed by atoms with E-state index < -0.39 is 28.7 Å². The number of anilines is 1. The van der Waals surface area contributed by atoms with E-state index in [1.54, 1.807) is 38.6 Å². The van der Waals surface area contributed by atoms with Crippen molar-refractivity contribution < 1.29 is 19.5 Å². The van der Waals surface area contributed by atoms with E-state index >= 15 is 0 Å². The molecule has 2 bridgehead atoms. The maximum absolute atomic E-state index is 14.4. The van der Waals surface area contributed by atoms with Crippen LogP contribution in [0.5, 0.6) is 0 Å². The predicted molar refractivity (Wildman–Crippen MR) is 161 cm³/mol. The number of rotatable bonds is 13. The summed E-state index contributed by atoms with van der Waals surface area (Å²) < 4.78 is -0.752. The number of unbranched alkanes of at least 4 members (excludes halogenated alkanes) is 1. The third-order valence-corrected chi connectivity index (χ3v) is 11.6. The van der Waals surface area contributed by atoms with E-state index in [1.807, 2.05) is 37.3 Å². The molecule has 1 N–H and O–H groups in total. The number of hydrogen-bond acceptors (Lipinski definition) is 5. The van der Waals surface area contributed by atoms with Gasteiger partial charge in [-0.05, 0) is 31.4 Å². The van der Waals surface area contributed by atoms with Crippen LogP contribution in [-0.2, 0) is 14.4 Å². The van der Waals surface area contributed by atoms with Crippen LogP contribution in [0.15, 0.2) is 55.6 Å². The van der Waals surface area contributed by atoms with Gasteiger partial charge in [0.15, 0.2) is 0 Å². The van der Waals surface area contributed by atoms with Crippen molar-refractivity contribution in [1.82, 2.24) is 9.80 Å². The first-order valence-corrected chi connectivity index (χ1v) is 15.7. The van der Waals surface area contributed by atoms with Gasteiger partial charge in [-0.1, -0.05) is 66.5 Å². The molecule has 3 saturated heterocycles. The topological polar surface area (TPSA) is 81.2 Å². The maximum atomic E-state index is 14.4. The van der Waals surface area contributed by atoms with Crippen LogP contribution in [0.25, 0.3) is 0 Å². The Morgan fingerprint density at radius 1 is 1.21 bits per heavy atom. The SMILES string of the molecule is C=CCN(CCCC)C(=O)C1N([C@@H](CC)CO)C(=O)[C@@H]2[C@H](C(=O)N(CC=C)c3ccccc3)[C@H]3SC12CC3Br. The highest BCUT2D eigenvalue weighted by Gasteiger charge is 2.76. The minimum Gasteiger partial charge on any atom is -0.394 e. The zero-order valence-electron chi connectivity index (χ0n) is 22.9. The summed E-state index contributed by atoms with van der Waals surface area (Å²) in [5, 5.41) is 10.2. The molecule has 0 aromatic heterocycles. The lowest BCUT2D eigenvalue weighted by molar-refractivity contribution is -0.145. The normalized spacial score (nSPS) is 29.7. The van der Waals surface area contributed by atoms with Crippen molar-refractivity contribution in [2.45, 2.75) is 66.4 Å². The monoisotopic (exact) mass is 617 g/mol. The van der Waals surface area contributed by atoms with Crippen molar-refractivity contribution in [2.24, 2.45) is 11.8 Å². The van der Waals surface area contributed by atoms with Crippen LogP contribution in [0.1, 0.15) is 39.5 Å². The maximum Gasteiger partial charge on any atom is 0.247 e. The van der Waals surface area contributed by atoms with Gasteiger partial charge in [0.1, 0.15) is 6.04 Å². The van der Waals surface area contributed by atoms with Crippen molar-refractivity contribution in [3.63, 3.8) is 0 Å². The largest absolute Gasteiger partial charge is 0.394 e. The quantitative estimate of drug-likeness (QED) is 0.264. The Labute approximate surface area is 244 Å². The van der Waals surface area contributed by atoms with Gasteiger partial charge in [-0.2, -0.15) is 0 Å². The third kappa shape index (κ3) is 5.10. The fourth-order valence-electron chi connectivity index (χ4n) is 6.64. The van der Waals surface area contributed by atoms with E-state index in [0.717, 1.165) is 18.5 Å². The summed E-state index contributed by atoms with van der Waals surface area (Å²) in [6.45, 7) is 12.8. The number of aliphatic hydroxyl groups is 1. The third-order valence-electron chi connectivity index (χ3n) is 8.41. The predicted octanol–water partition coefficient (Wildman–Crippen LogP) is 4.26. The molecule has 0 aliphatic carbocycles. The summed E-state index contributed by atoms with van der Waals surface area (Å²) in [6.07, 6.45) is 6.33. The van der Waals surface area contributed by atoms with Crippen LogP contribution in [0.4, 0.5) is 5.69 Å². The molecule has 3 aliphatic rings. The average Bonchev–Trinajstić information content (AvgIpc) is 3.54. The molecule has 7 atom stereocenters. The summed E-state index contributed by atoms with van der Waals surface area (Å²) in [6, 6.07) is 8.21. The number of carbonyl (C=O) groups is 3. The Morgan fingerprint density at radius 2 is 1.90 bits per heavy atom. The molecule has 9 heteroatoms. The molecule has 1 aromatic carbocycles. The second-order valence-corrected chi connectivity index (χ2v) is 13.4. The minimum atomic E-state index is -0.752. The van der Waals surface area contributed by atoms with E-state index in [0.29, 0.717) is 32.5 Å². The lowest BCUT2D eigenvalue weighted by Gasteiger charge is -2.40. The highest BCUT2D eigenvalue weighted by molar-refractivity contribution is 9.09. The fraction of sp³-hybridized carbons (Fsp3) is 0.567. The molecule has 212 valence electrons. The van der Waals surface area contributed by atoms with Gasteiger partial charge in [0.25, 0.3) is 0 Å². The molecular formula is C30H40BrN3O4S. The first kappa shape index (κ1) is 29.9. The zero-order valence-corrected chi connectivity index (χ0v) is 25.3. The molecule has 3 amide bonds. The highest BCUT2D eigenvalue weighted by Crippen LogP contribution is 2.68. The zero-order chi connectivity index (χ0) is 28.3. The fourth-order valence-corrected chi connectivity index (χ4v) is 10.2. The van der Waals surface area contributed by atoms with Crippen molar-refractivity contribution in [2.75, 3.05) is 31.1 Å². The lowest BCUT2D eigenvalue weighted by atomic mass is 9.70. The molecule has 7 nitrogen and oxygen atoms in total. The Kier molecular flexibility index (Phi) is 9.65. The Bertz CT molecular complexity index is 1080. The number of aliphatic hydroxyl groups excluding tert-OH is 1. The number of benzene rings is 1. The summed E-state index contributed by atoms with van der Waals surface area (Å²) in [4.78, 5) is 48.2. The molecule has 3 fully saturated rings. The van der Waals surface area contributed by atoms with Crippen LogP contribution >= 0.6 is 27.7 Å². The molecular weight excluding hydrogens is 578 g/mol. The number of para-hydroxylation sites is 1. The lowest BCUT2D eigenvalue weighted by Crippen LogP contribution is -2.58. The van der Waals surface area contributed by atoms with Crippen LogP contribution in [-0.4, -0.2) is 85.8 Å². The van der Waals surface area contributed by atoms with Gasteiger partial charge in [0, 0.05) is 35.4 Å². The van der Waals surface area contributed by atoms with E-state index in [4.69, 9.17) is 0 Å². The molecule has 4 rings (SSSR count). The van der Waals surface area contributed by atoms with Gasteiger partial charge >= 0.3 is 0 Å². The van der Waals surface area contributed by atoms with Gasteiger partial charge in [-0.3, -0.25) is 14.4 Å². The number of fused-ring (bicyclic) bond motifs is 1. The van der Waals surface area contributed by atoms with Crippen molar-refractivity contribution in [1.29, 1.82) is 0 Å². The van der Waals surface area contributed by atoms with E-state index in [2.05, 4.69) is 36.0 Å². The number of amides is 3. The first-order chi connectivity index (χ1) is 18.8. The van der Waals surface area contributed by atoms with Gasteiger partial charge in [0.2, 0.25) is 17.7 Å². The van der Waals surface area contributed by atoms with Gasteiger partial charge in [-0.25, -0.2) is 0 Å². The standard InChI is InChI=1S/C30H40BrN3O4S/c1-5-9-17-32(15-6-2)29(38)26-30-18-22(31)25(39-30)23(24(30)28(37)34(26)20(8-4)19-35)27(36)33(16-7-3)21-13-11-10-12-14-21/h6-7,10-14,20,22-26,35H,2-3,5,8-9,15-19H2,1,4H3/t20-,22?,23-,24-,25-,26?,30?/m0/s1. The smallest absolute Gasteiger partial charge is 0.247 e. The highest BCUT2D eigenvalue weighted by atomic mass is 79.9. The number of alkyl halides is 1.